The molecule has 1 unspecified atom stereocenters. The summed E-state index contributed by atoms with van der Waals surface area (Å²) in [4.78, 5) is 27.2. The highest BCUT2D eigenvalue weighted by molar-refractivity contribution is 5.96. The number of anilines is 1. The first-order valence-corrected chi connectivity index (χ1v) is 9.72. The Morgan fingerprint density at radius 1 is 1.07 bits per heavy atom. The van der Waals surface area contributed by atoms with Gasteiger partial charge >= 0.3 is 0 Å². The maximum absolute atomic E-state index is 13.1. The lowest BCUT2D eigenvalue weighted by Gasteiger charge is -2.23. The highest BCUT2D eigenvalue weighted by Crippen LogP contribution is 2.32. The summed E-state index contributed by atoms with van der Waals surface area (Å²) in [5, 5.41) is 4.43. The number of rotatable bonds is 5. The van der Waals surface area contributed by atoms with Gasteiger partial charge in [-0.2, -0.15) is 5.10 Å². The third-order valence-corrected chi connectivity index (χ3v) is 5.31. The summed E-state index contributed by atoms with van der Waals surface area (Å²) in [6.07, 6.45) is 0.802. The minimum atomic E-state index is -0.326. The quantitative estimate of drug-likeness (QED) is 0.653. The zero-order chi connectivity index (χ0) is 21.3. The van der Waals surface area contributed by atoms with Crippen LogP contribution in [0.4, 0.5) is 5.69 Å². The first-order chi connectivity index (χ1) is 14.5. The molecule has 3 aromatic rings. The standard InChI is InChI=1S/C23H23N3O4/c1-15-12-17-6-4-5-7-19(17)26(15)23(28)14-25-22(27)11-9-18(24-25)16-8-10-20(29-2)21(13-16)30-3/h4-11,13,15H,12,14H2,1-3H3. The zero-order valence-corrected chi connectivity index (χ0v) is 17.2. The molecule has 4 rings (SSSR count). The van der Waals surface area contributed by atoms with Gasteiger partial charge in [-0.15, -0.1) is 0 Å². The number of benzene rings is 2. The van der Waals surface area contributed by atoms with Crippen LogP contribution in [0.15, 0.2) is 59.4 Å². The summed E-state index contributed by atoms with van der Waals surface area (Å²) in [5.74, 6) is 1.01. The summed E-state index contributed by atoms with van der Waals surface area (Å²) in [6.45, 7) is 1.88. The lowest BCUT2D eigenvalue weighted by molar-refractivity contribution is -0.119. The Kier molecular flexibility index (Phi) is 5.27. The van der Waals surface area contributed by atoms with Crippen LogP contribution in [0.5, 0.6) is 11.5 Å². The molecule has 0 saturated carbocycles. The van der Waals surface area contributed by atoms with Crippen LogP contribution in [-0.2, 0) is 17.8 Å². The summed E-state index contributed by atoms with van der Waals surface area (Å²) >= 11 is 0. The van der Waals surface area contributed by atoms with Crippen molar-refractivity contribution < 1.29 is 14.3 Å². The average Bonchev–Trinajstić information content (AvgIpc) is 3.10. The van der Waals surface area contributed by atoms with E-state index >= 15 is 0 Å². The van der Waals surface area contributed by atoms with E-state index in [0.29, 0.717) is 17.2 Å². The number of ether oxygens (including phenoxy) is 2. The summed E-state index contributed by atoms with van der Waals surface area (Å²) < 4.78 is 11.8. The van der Waals surface area contributed by atoms with Crippen molar-refractivity contribution in [1.29, 1.82) is 0 Å². The molecule has 1 amide bonds. The van der Waals surface area contributed by atoms with Crippen LogP contribution in [0.2, 0.25) is 0 Å². The molecule has 7 nitrogen and oxygen atoms in total. The Morgan fingerprint density at radius 3 is 2.60 bits per heavy atom. The van der Waals surface area contributed by atoms with E-state index < -0.39 is 0 Å². The molecule has 1 aromatic heterocycles. The van der Waals surface area contributed by atoms with E-state index in [1.165, 1.54) is 10.7 Å². The van der Waals surface area contributed by atoms with Gasteiger partial charge in [-0.1, -0.05) is 18.2 Å². The predicted molar refractivity (Wildman–Crippen MR) is 114 cm³/mol. The number of nitrogens with zero attached hydrogens (tertiary/aromatic N) is 3. The normalized spacial score (nSPS) is 15.0. The van der Waals surface area contributed by atoms with Gasteiger partial charge in [-0.3, -0.25) is 9.59 Å². The SMILES string of the molecule is COc1ccc(-c2ccc(=O)n(CC(=O)N3c4ccccc4CC3C)n2)cc1OC. The number of carbonyl (C=O) groups excluding carboxylic acids is 1. The Balaban J connectivity index is 1.63. The van der Waals surface area contributed by atoms with E-state index in [0.717, 1.165) is 23.2 Å². The number of aromatic nitrogens is 2. The van der Waals surface area contributed by atoms with Crippen LogP contribution in [0.3, 0.4) is 0 Å². The number of hydrogen-bond acceptors (Lipinski definition) is 5. The molecule has 2 aromatic carbocycles. The molecular weight excluding hydrogens is 382 g/mol. The van der Waals surface area contributed by atoms with Crippen molar-refractivity contribution in [2.24, 2.45) is 0 Å². The number of para-hydroxylation sites is 1. The number of methoxy groups -OCH3 is 2. The summed E-state index contributed by atoms with van der Waals surface area (Å²) in [6, 6.07) is 16.4. The fraction of sp³-hybridized carbons (Fsp3) is 0.261. The van der Waals surface area contributed by atoms with Crippen molar-refractivity contribution >= 4 is 11.6 Å². The molecule has 1 atom stereocenters. The van der Waals surface area contributed by atoms with E-state index in [1.807, 2.05) is 37.3 Å². The van der Waals surface area contributed by atoms with Crippen molar-refractivity contribution in [3.05, 3.63) is 70.5 Å². The second kappa shape index (κ2) is 8.02. The third-order valence-electron chi connectivity index (χ3n) is 5.31. The zero-order valence-electron chi connectivity index (χ0n) is 17.2. The molecule has 154 valence electrons. The van der Waals surface area contributed by atoms with Crippen molar-refractivity contribution in [3.8, 4) is 22.8 Å². The van der Waals surface area contributed by atoms with Crippen LogP contribution in [0, 0.1) is 0 Å². The topological polar surface area (TPSA) is 73.7 Å². The molecule has 0 aliphatic carbocycles. The molecule has 0 bridgehead atoms. The van der Waals surface area contributed by atoms with Crippen molar-refractivity contribution in [3.63, 3.8) is 0 Å². The van der Waals surface area contributed by atoms with E-state index in [1.54, 1.807) is 37.3 Å². The molecule has 0 radical (unpaired) electrons. The lowest BCUT2D eigenvalue weighted by atomic mass is 10.1. The highest BCUT2D eigenvalue weighted by atomic mass is 16.5. The molecule has 0 saturated heterocycles. The van der Waals surface area contributed by atoms with Gasteiger partial charge in [0.2, 0.25) is 5.91 Å². The Bertz CT molecular complexity index is 1160. The van der Waals surface area contributed by atoms with E-state index in [4.69, 9.17) is 9.47 Å². The molecule has 0 spiro atoms. The average molecular weight is 405 g/mol. The molecule has 7 heteroatoms. The number of carbonyl (C=O) groups is 1. The van der Waals surface area contributed by atoms with Gasteiger partial charge in [-0.05, 0) is 49.2 Å². The van der Waals surface area contributed by atoms with Crippen LogP contribution in [-0.4, -0.2) is 35.9 Å². The largest absolute Gasteiger partial charge is 0.493 e. The van der Waals surface area contributed by atoms with Crippen LogP contribution < -0.4 is 19.9 Å². The molecule has 1 aliphatic heterocycles. The minimum absolute atomic E-state index is 0.0413. The van der Waals surface area contributed by atoms with Crippen molar-refractivity contribution in [2.75, 3.05) is 19.1 Å². The Morgan fingerprint density at radius 2 is 1.83 bits per heavy atom. The smallest absolute Gasteiger partial charge is 0.267 e. The third kappa shape index (κ3) is 3.54. The summed E-state index contributed by atoms with van der Waals surface area (Å²) in [7, 11) is 3.13. The molecule has 0 N–H and O–H groups in total. The lowest BCUT2D eigenvalue weighted by Crippen LogP contribution is -2.40. The number of hydrogen-bond donors (Lipinski definition) is 0. The number of fused-ring (bicyclic) bond motifs is 1. The van der Waals surface area contributed by atoms with Gasteiger partial charge in [0, 0.05) is 23.4 Å². The number of amides is 1. The van der Waals surface area contributed by atoms with Crippen LogP contribution >= 0.6 is 0 Å². The Labute approximate surface area is 174 Å². The fourth-order valence-corrected chi connectivity index (χ4v) is 3.86. The maximum atomic E-state index is 13.1. The minimum Gasteiger partial charge on any atom is -0.493 e. The first-order valence-electron chi connectivity index (χ1n) is 9.72. The van der Waals surface area contributed by atoms with E-state index in [9.17, 15) is 9.59 Å². The molecule has 1 aliphatic rings. The second-order valence-electron chi connectivity index (χ2n) is 7.23. The van der Waals surface area contributed by atoms with Crippen molar-refractivity contribution in [2.45, 2.75) is 25.9 Å². The first kappa shape index (κ1) is 19.7. The molecule has 30 heavy (non-hydrogen) atoms. The van der Waals surface area contributed by atoms with Crippen LogP contribution in [0.25, 0.3) is 11.3 Å². The van der Waals surface area contributed by atoms with Gasteiger partial charge < -0.3 is 14.4 Å². The summed E-state index contributed by atoms with van der Waals surface area (Å²) in [5.41, 5.74) is 3.04. The van der Waals surface area contributed by atoms with Crippen LogP contribution in [0.1, 0.15) is 12.5 Å². The van der Waals surface area contributed by atoms with Gasteiger partial charge in [0.25, 0.3) is 5.56 Å². The van der Waals surface area contributed by atoms with Crippen molar-refractivity contribution in [1.82, 2.24) is 9.78 Å². The molecular formula is C23H23N3O4. The van der Waals surface area contributed by atoms with Gasteiger partial charge in [0.1, 0.15) is 6.54 Å². The van der Waals surface area contributed by atoms with Gasteiger partial charge in [-0.25, -0.2) is 4.68 Å². The highest BCUT2D eigenvalue weighted by Gasteiger charge is 2.30. The van der Waals surface area contributed by atoms with E-state index in [-0.39, 0.29) is 24.1 Å². The van der Waals surface area contributed by atoms with Gasteiger partial charge in [0.05, 0.1) is 19.9 Å². The Hall–Kier alpha value is -3.61. The molecule has 2 heterocycles. The maximum Gasteiger partial charge on any atom is 0.267 e. The molecule has 0 fully saturated rings. The predicted octanol–water partition coefficient (Wildman–Crippen LogP) is 2.91. The van der Waals surface area contributed by atoms with E-state index in [2.05, 4.69) is 5.10 Å². The second-order valence-corrected chi connectivity index (χ2v) is 7.23. The fourth-order valence-electron chi connectivity index (χ4n) is 3.86. The van der Waals surface area contributed by atoms with Gasteiger partial charge in [0.15, 0.2) is 11.5 Å². The monoisotopic (exact) mass is 405 g/mol.